The highest BCUT2D eigenvalue weighted by atomic mass is 79.9. The van der Waals surface area contributed by atoms with E-state index in [0.29, 0.717) is 0 Å². The second-order valence-corrected chi connectivity index (χ2v) is 5.69. The van der Waals surface area contributed by atoms with Gasteiger partial charge in [0.15, 0.2) is 0 Å². The summed E-state index contributed by atoms with van der Waals surface area (Å²) in [7, 11) is 0. The van der Waals surface area contributed by atoms with E-state index in [2.05, 4.69) is 41.7 Å². The molecule has 1 nitrogen and oxygen atoms in total. The van der Waals surface area contributed by atoms with Crippen molar-refractivity contribution in [2.24, 2.45) is 0 Å². The van der Waals surface area contributed by atoms with Crippen LogP contribution in [0.1, 0.15) is 25.8 Å². The van der Waals surface area contributed by atoms with Crippen LogP contribution in [-0.2, 0) is 5.41 Å². The third kappa shape index (κ3) is 2.17. The molecular weight excluding hydrogens is 246 g/mol. The van der Waals surface area contributed by atoms with Crippen LogP contribution >= 0.6 is 38.9 Å². The van der Waals surface area contributed by atoms with E-state index in [1.165, 1.54) is 11.3 Å². The van der Waals surface area contributed by atoms with Crippen LogP contribution in [0.2, 0.25) is 4.34 Å². The summed E-state index contributed by atoms with van der Waals surface area (Å²) in [6.07, 6.45) is 0. The number of thiazole rings is 1. The summed E-state index contributed by atoms with van der Waals surface area (Å²) in [5, 5.41) is 1.06. The van der Waals surface area contributed by atoms with Crippen molar-refractivity contribution >= 4 is 38.9 Å². The molecule has 0 aliphatic heterocycles. The first-order valence-corrected chi connectivity index (χ1v) is 5.22. The third-order valence-electron chi connectivity index (χ3n) is 1.19. The molecule has 0 bridgehead atoms. The predicted molar refractivity (Wildman–Crippen MR) is 53.5 cm³/mol. The Morgan fingerprint density at radius 3 is 2.18 bits per heavy atom. The highest BCUT2D eigenvalue weighted by molar-refractivity contribution is 9.10. The van der Waals surface area contributed by atoms with Crippen LogP contribution in [0.5, 0.6) is 0 Å². The molecule has 0 fully saturated rings. The second kappa shape index (κ2) is 3.04. The van der Waals surface area contributed by atoms with Crippen molar-refractivity contribution in [1.82, 2.24) is 4.98 Å². The number of rotatable bonds is 0. The lowest BCUT2D eigenvalue weighted by atomic mass is 9.98. The Balaban J connectivity index is 3.08. The van der Waals surface area contributed by atoms with Gasteiger partial charge < -0.3 is 0 Å². The minimum Gasteiger partial charge on any atom is -0.232 e. The highest BCUT2D eigenvalue weighted by Gasteiger charge is 2.19. The first-order chi connectivity index (χ1) is 4.91. The van der Waals surface area contributed by atoms with Crippen LogP contribution in [0.15, 0.2) is 4.60 Å². The fraction of sp³-hybridized carbons (Fsp3) is 0.571. The molecule has 0 amide bonds. The highest BCUT2D eigenvalue weighted by Crippen LogP contribution is 2.34. The molecule has 1 rings (SSSR count). The van der Waals surface area contributed by atoms with Gasteiger partial charge in [0, 0.05) is 5.41 Å². The van der Waals surface area contributed by atoms with Gasteiger partial charge in [-0.1, -0.05) is 32.4 Å². The number of aromatic nitrogens is 1. The molecule has 11 heavy (non-hydrogen) atoms. The van der Waals surface area contributed by atoms with Crippen molar-refractivity contribution in [3.63, 3.8) is 0 Å². The van der Waals surface area contributed by atoms with Gasteiger partial charge in [-0.15, -0.1) is 11.3 Å². The molecule has 1 aromatic heterocycles. The molecule has 62 valence electrons. The standard InChI is InChI=1S/C7H9BrClNS/c1-7(2,3)6-10-4(8)5(9)11-6/h1-3H3. The topological polar surface area (TPSA) is 12.9 Å². The van der Waals surface area contributed by atoms with Gasteiger partial charge in [-0.25, -0.2) is 4.98 Å². The first kappa shape index (κ1) is 9.49. The summed E-state index contributed by atoms with van der Waals surface area (Å²) in [5.74, 6) is 0. The van der Waals surface area contributed by atoms with Crippen molar-refractivity contribution < 1.29 is 0 Å². The summed E-state index contributed by atoms with van der Waals surface area (Å²) in [5.41, 5.74) is 0.0975. The molecule has 0 aromatic carbocycles. The van der Waals surface area contributed by atoms with E-state index >= 15 is 0 Å². The van der Waals surface area contributed by atoms with Crippen LogP contribution in [0, 0.1) is 0 Å². The number of halogens is 2. The van der Waals surface area contributed by atoms with Crippen LogP contribution < -0.4 is 0 Å². The molecule has 1 aromatic rings. The van der Waals surface area contributed by atoms with E-state index in [1.54, 1.807) is 0 Å². The van der Waals surface area contributed by atoms with Crippen molar-refractivity contribution in [2.75, 3.05) is 0 Å². The number of hydrogen-bond acceptors (Lipinski definition) is 2. The molecular formula is C7H9BrClNS. The first-order valence-electron chi connectivity index (χ1n) is 3.23. The fourth-order valence-corrected chi connectivity index (χ4v) is 2.15. The molecule has 4 heteroatoms. The van der Waals surface area contributed by atoms with Gasteiger partial charge in [-0.05, 0) is 15.9 Å². The van der Waals surface area contributed by atoms with Gasteiger partial charge in [-0.2, -0.15) is 0 Å². The molecule has 0 spiro atoms. The zero-order chi connectivity index (χ0) is 8.65. The normalized spacial score (nSPS) is 12.1. The molecule has 0 unspecified atom stereocenters. The zero-order valence-corrected chi connectivity index (χ0v) is 9.77. The Morgan fingerprint density at radius 2 is 2.00 bits per heavy atom. The molecule has 0 saturated heterocycles. The quantitative estimate of drug-likeness (QED) is 0.685. The monoisotopic (exact) mass is 253 g/mol. The maximum atomic E-state index is 5.84. The Bertz CT molecular complexity index is 244. The smallest absolute Gasteiger partial charge is 0.136 e. The molecule has 0 saturated carbocycles. The van der Waals surface area contributed by atoms with Crippen LogP contribution in [-0.4, -0.2) is 4.98 Å². The van der Waals surface area contributed by atoms with Gasteiger partial charge in [0.2, 0.25) is 0 Å². The van der Waals surface area contributed by atoms with Crippen molar-refractivity contribution in [2.45, 2.75) is 26.2 Å². The number of hydrogen-bond donors (Lipinski definition) is 0. The molecule has 0 radical (unpaired) electrons. The van der Waals surface area contributed by atoms with E-state index < -0.39 is 0 Å². The Labute approximate surface area is 83.9 Å². The minimum atomic E-state index is 0.0975. The minimum absolute atomic E-state index is 0.0975. The van der Waals surface area contributed by atoms with E-state index in [9.17, 15) is 0 Å². The largest absolute Gasteiger partial charge is 0.232 e. The maximum absolute atomic E-state index is 5.84. The predicted octanol–water partition coefficient (Wildman–Crippen LogP) is 3.86. The lowest BCUT2D eigenvalue weighted by Crippen LogP contribution is -2.09. The van der Waals surface area contributed by atoms with Gasteiger partial charge >= 0.3 is 0 Å². The third-order valence-corrected chi connectivity index (χ3v) is 3.93. The molecule has 0 N–H and O–H groups in total. The van der Waals surface area contributed by atoms with Crippen molar-refractivity contribution in [3.8, 4) is 0 Å². The lowest BCUT2D eigenvalue weighted by molar-refractivity contribution is 0.584. The summed E-state index contributed by atoms with van der Waals surface area (Å²) >= 11 is 10.6. The van der Waals surface area contributed by atoms with Crippen LogP contribution in [0.25, 0.3) is 0 Å². The van der Waals surface area contributed by atoms with E-state index in [-0.39, 0.29) is 5.41 Å². The number of nitrogens with zero attached hydrogens (tertiary/aromatic N) is 1. The average Bonchev–Trinajstić information content (AvgIpc) is 2.11. The van der Waals surface area contributed by atoms with Gasteiger partial charge in [0.05, 0.1) is 0 Å². The van der Waals surface area contributed by atoms with Crippen molar-refractivity contribution in [3.05, 3.63) is 13.9 Å². The summed E-state index contributed by atoms with van der Waals surface area (Å²) in [4.78, 5) is 4.28. The zero-order valence-electron chi connectivity index (χ0n) is 6.61. The second-order valence-electron chi connectivity index (χ2n) is 3.33. The van der Waals surface area contributed by atoms with Gasteiger partial charge in [-0.3, -0.25) is 0 Å². The van der Waals surface area contributed by atoms with Gasteiger partial charge in [0.1, 0.15) is 13.9 Å². The van der Waals surface area contributed by atoms with E-state index in [1.807, 2.05) is 0 Å². The van der Waals surface area contributed by atoms with Gasteiger partial charge in [0.25, 0.3) is 0 Å². The summed E-state index contributed by atoms with van der Waals surface area (Å²) in [6.45, 7) is 6.36. The van der Waals surface area contributed by atoms with Crippen molar-refractivity contribution in [1.29, 1.82) is 0 Å². The molecule has 1 heterocycles. The average molecular weight is 255 g/mol. The summed E-state index contributed by atoms with van der Waals surface area (Å²) < 4.78 is 1.49. The molecule has 0 aliphatic rings. The Kier molecular flexibility index (Phi) is 2.62. The van der Waals surface area contributed by atoms with E-state index in [0.717, 1.165) is 13.9 Å². The Morgan fingerprint density at radius 1 is 1.45 bits per heavy atom. The van der Waals surface area contributed by atoms with E-state index in [4.69, 9.17) is 11.6 Å². The SMILES string of the molecule is CC(C)(C)c1nc(Br)c(Cl)s1. The molecule has 0 atom stereocenters. The van der Waals surface area contributed by atoms with Crippen LogP contribution in [0.3, 0.4) is 0 Å². The van der Waals surface area contributed by atoms with Crippen LogP contribution in [0.4, 0.5) is 0 Å². The Hall–Kier alpha value is 0.400. The lowest BCUT2D eigenvalue weighted by Gasteiger charge is -2.13. The fourth-order valence-electron chi connectivity index (χ4n) is 0.604. The maximum Gasteiger partial charge on any atom is 0.136 e. The molecule has 0 aliphatic carbocycles. The summed E-state index contributed by atoms with van der Waals surface area (Å²) in [6, 6.07) is 0.